The largest absolute Gasteiger partial charge is 0.384 e. The molecule has 0 atom stereocenters. The molecule has 1 fully saturated rings. The van der Waals surface area contributed by atoms with Crippen molar-refractivity contribution >= 4 is 23.1 Å². The first kappa shape index (κ1) is 18.9. The molecule has 2 aromatic heterocycles. The number of benzene rings is 1. The predicted molar refractivity (Wildman–Crippen MR) is 114 cm³/mol. The van der Waals surface area contributed by atoms with E-state index in [2.05, 4.69) is 20.2 Å². The van der Waals surface area contributed by atoms with Crippen LogP contribution in [0.3, 0.4) is 0 Å². The van der Waals surface area contributed by atoms with E-state index in [0.29, 0.717) is 11.4 Å². The second-order valence-corrected chi connectivity index (χ2v) is 7.10. The first-order valence-electron chi connectivity index (χ1n) is 9.66. The van der Waals surface area contributed by atoms with Gasteiger partial charge >= 0.3 is 0 Å². The summed E-state index contributed by atoms with van der Waals surface area (Å²) in [5.41, 5.74) is 9.51. The van der Waals surface area contributed by atoms with Gasteiger partial charge in [0.05, 0.1) is 0 Å². The lowest BCUT2D eigenvalue weighted by Gasteiger charge is -2.34. The van der Waals surface area contributed by atoms with Gasteiger partial charge in [0, 0.05) is 68.3 Å². The molecule has 0 saturated carbocycles. The van der Waals surface area contributed by atoms with Gasteiger partial charge in [-0.05, 0) is 54.1 Å². The maximum absolute atomic E-state index is 12.8. The molecule has 4 rings (SSSR count). The van der Waals surface area contributed by atoms with Crippen molar-refractivity contribution in [3.05, 3.63) is 78.2 Å². The first-order valence-corrected chi connectivity index (χ1v) is 9.66. The Bertz CT molecular complexity index is 953. The molecule has 3 aromatic rings. The maximum Gasteiger partial charge on any atom is 0.253 e. The molecule has 3 heterocycles. The van der Waals surface area contributed by atoms with Crippen LogP contribution in [0.25, 0.3) is 0 Å². The molecule has 1 aliphatic heterocycles. The second-order valence-electron chi connectivity index (χ2n) is 7.10. The van der Waals surface area contributed by atoms with E-state index < -0.39 is 0 Å². The van der Waals surface area contributed by atoms with Gasteiger partial charge in [-0.1, -0.05) is 0 Å². The Labute approximate surface area is 170 Å². The highest BCUT2D eigenvalue weighted by Gasteiger charge is 2.22. The number of anilines is 3. The van der Waals surface area contributed by atoms with Gasteiger partial charge in [-0.15, -0.1) is 0 Å². The Hall–Kier alpha value is -3.45. The molecule has 7 nitrogen and oxygen atoms in total. The van der Waals surface area contributed by atoms with Crippen LogP contribution in [0.4, 0.5) is 17.2 Å². The molecule has 1 aromatic carbocycles. The monoisotopic (exact) mass is 388 g/mol. The summed E-state index contributed by atoms with van der Waals surface area (Å²) < 4.78 is 0. The summed E-state index contributed by atoms with van der Waals surface area (Å²) in [6, 6.07) is 15.3. The highest BCUT2D eigenvalue weighted by Crippen LogP contribution is 2.18. The second kappa shape index (κ2) is 8.70. The van der Waals surface area contributed by atoms with E-state index in [1.54, 1.807) is 18.6 Å². The van der Waals surface area contributed by atoms with E-state index in [1.165, 1.54) is 0 Å². The van der Waals surface area contributed by atoms with Crippen LogP contribution >= 0.6 is 0 Å². The summed E-state index contributed by atoms with van der Waals surface area (Å²) in [5.74, 6) is 0.617. The summed E-state index contributed by atoms with van der Waals surface area (Å²) >= 11 is 0. The normalized spacial score (nSPS) is 14.6. The summed E-state index contributed by atoms with van der Waals surface area (Å²) in [4.78, 5) is 25.1. The minimum atomic E-state index is 0.0771. The van der Waals surface area contributed by atoms with Gasteiger partial charge < -0.3 is 16.0 Å². The Morgan fingerprint density at radius 2 is 1.62 bits per heavy atom. The third-order valence-corrected chi connectivity index (χ3v) is 5.01. The van der Waals surface area contributed by atoms with Gasteiger partial charge in [0.15, 0.2) is 0 Å². The number of nitrogen functional groups attached to an aromatic ring is 1. The van der Waals surface area contributed by atoms with E-state index >= 15 is 0 Å². The van der Waals surface area contributed by atoms with E-state index in [1.807, 2.05) is 53.4 Å². The third kappa shape index (κ3) is 4.89. The SMILES string of the molecule is Nc1cc(CN2CCN(C(=O)c3ccc(Nc4ccncc4)cc3)CC2)ccn1. The molecular weight excluding hydrogens is 364 g/mol. The van der Waals surface area contributed by atoms with Gasteiger partial charge in [0.2, 0.25) is 0 Å². The molecular formula is C22H24N6O. The maximum atomic E-state index is 12.8. The van der Waals surface area contributed by atoms with Crippen molar-refractivity contribution in [3.8, 4) is 0 Å². The van der Waals surface area contributed by atoms with Gasteiger partial charge in [0.25, 0.3) is 5.91 Å². The zero-order valence-corrected chi connectivity index (χ0v) is 16.2. The quantitative estimate of drug-likeness (QED) is 0.699. The Kier molecular flexibility index (Phi) is 5.67. The molecule has 0 bridgehead atoms. The van der Waals surface area contributed by atoms with Crippen molar-refractivity contribution in [2.24, 2.45) is 0 Å². The number of nitrogens with two attached hydrogens (primary N) is 1. The number of carbonyl (C=O) groups is 1. The van der Waals surface area contributed by atoms with Crippen LogP contribution in [0.2, 0.25) is 0 Å². The lowest BCUT2D eigenvalue weighted by atomic mass is 10.1. The summed E-state index contributed by atoms with van der Waals surface area (Å²) in [6.45, 7) is 3.95. The lowest BCUT2D eigenvalue weighted by molar-refractivity contribution is 0.0628. The zero-order chi connectivity index (χ0) is 20.1. The van der Waals surface area contributed by atoms with Gasteiger partial charge in [-0.2, -0.15) is 0 Å². The van der Waals surface area contributed by atoms with Crippen LogP contribution in [0.1, 0.15) is 15.9 Å². The van der Waals surface area contributed by atoms with Crippen molar-refractivity contribution < 1.29 is 4.79 Å². The average Bonchev–Trinajstić information content (AvgIpc) is 2.75. The summed E-state index contributed by atoms with van der Waals surface area (Å²) in [6.07, 6.45) is 5.21. The van der Waals surface area contributed by atoms with Crippen LogP contribution in [0.5, 0.6) is 0 Å². The molecule has 0 aliphatic carbocycles. The molecule has 7 heteroatoms. The van der Waals surface area contributed by atoms with Crippen LogP contribution in [0.15, 0.2) is 67.1 Å². The highest BCUT2D eigenvalue weighted by atomic mass is 16.2. The number of rotatable bonds is 5. The number of hydrogen-bond acceptors (Lipinski definition) is 6. The van der Waals surface area contributed by atoms with Crippen molar-refractivity contribution in [2.45, 2.75) is 6.54 Å². The number of pyridine rings is 2. The summed E-state index contributed by atoms with van der Waals surface area (Å²) in [7, 11) is 0. The molecule has 1 aliphatic rings. The molecule has 1 saturated heterocycles. The number of nitrogens with zero attached hydrogens (tertiary/aromatic N) is 4. The van der Waals surface area contributed by atoms with E-state index in [-0.39, 0.29) is 5.91 Å². The highest BCUT2D eigenvalue weighted by molar-refractivity contribution is 5.94. The number of aromatic nitrogens is 2. The van der Waals surface area contributed by atoms with Crippen molar-refractivity contribution in [1.82, 2.24) is 19.8 Å². The third-order valence-electron chi connectivity index (χ3n) is 5.01. The zero-order valence-electron chi connectivity index (χ0n) is 16.2. The molecule has 3 N–H and O–H groups in total. The fraction of sp³-hybridized carbons (Fsp3) is 0.227. The fourth-order valence-electron chi connectivity index (χ4n) is 3.44. The van der Waals surface area contributed by atoms with Crippen molar-refractivity contribution in [3.63, 3.8) is 0 Å². The van der Waals surface area contributed by atoms with E-state index in [4.69, 9.17) is 5.73 Å². The van der Waals surface area contributed by atoms with Crippen LogP contribution in [0, 0.1) is 0 Å². The van der Waals surface area contributed by atoms with Crippen LogP contribution < -0.4 is 11.1 Å². The predicted octanol–water partition coefficient (Wildman–Crippen LogP) is 2.76. The Morgan fingerprint density at radius 3 is 2.31 bits per heavy atom. The molecule has 1 amide bonds. The minimum absolute atomic E-state index is 0.0771. The number of carbonyl (C=O) groups excluding carboxylic acids is 1. The standard InChI is InChI=1S/C22H24N6O/c23-21-15-17(5-10-25-21)16-27-11-13-28(14-12-27)22(29)18-1-3-19(4-2-18)26-20-6-8-24-9-7-20/h1-10,15H,11-14,16H2,(H2,23,25)(H,24,26). The number of hydrogen-bond donors (Lipinski definition) is 2. The molecule has 29 heavy (non-hydrogen) atoms. The van der Waals surface area contributed by atoms with E-state index in [0.717, 1.165) is 49.7 Å². The summed E-state index contributed by atoms with van der Waals surface area (Å²) in [5, 5.41) is 3.30. The van der Waals surface area contributed by atoms with Gasteiger partial charge in [-0.25, -0.2) is 4.98 Å². The first-order chi connectivity index (χ1) is 14.2. The molecule has 148 valence electrons. The number of amides is 1. The number of piperazine rings is 1. The van der Waals surface area contributed by atoms with Crippen LogP contribution in [-0.4, -0.2) is 51.9 Å². The van der Waals surface area contributed by atoms with Crippen LogP contribution in [-0.2, 0) is 6.54 Å². The fourth-order valence-corrected chi connectivity index (χ4v) is 3.44. The topological polar surface area (TPSA) is 87.4 Å². The van der Waals surface area contributed by atoms with Gasteiger partial charge in [0.1, 0.15) is 5.82 Å². The van der Waals surface area contributed by atoms with E-state index in [9.17, 15) is 4.79 Å². The minimum Gasteiger partial charge on any atom is -0.384 e. The molecule has 0 radical (unpaired) electrons. The van der Waals surface area contributed by atoms with Crippen molar-refractivity contribution in [1.29, 1.82) is 0 Å². The molecule has 0 unspecified atom stereocenters. The van der Waals surface area contributed by atoms with Crippen molar-refractivity contribution in [2.75, 3.05) is 37.2 Å². The Morgan fingerprint density at radius 1 is 0.931 bits per heavy atom. The average molecular weight is 388 g/mol. The molecule has 0 spiro atoms. The number of nitrogens with one attached hydrogen (secondary N) is 1. The van der Waals surface area contributed by atoms with Gasteiger partial charge in [-0.3, -0.25) is 14.7 Å². The lowest BCUT2D eigenvalue weighted by Crippen LogP contribution is -2.48. The smallest absolute Gasteiger partial charge is 0.253 e. The Balaban J connectivity index is 1.31.